The SMILES string of the molecule is COCCN1CCN(Cc2ccc(N)cc2C2CC2)CC1. The van der Waals surface area contributed by atoms with Crippen molar-refractivity contribution in [1.82, 2.24) is 9.80 Å². The molecule has 116 valence electrons. The van der Waals surface area contributed by atoms with E-state index in [1.165, 1.54) is 24.0 Å². The van der Waals surface area contributed by atoms with Gasteiger partial charge in [-0.3, -0.25) is 9.80 Å². The molecule has 2 fully saturated rings. The molecular formula is C17H27N3O. The number of anilines is 1. The molecule has 1 saturated carbocycles. The fraction of sp³-hybridized carbons (Fsp3) is 0.647. The molecule has 4 heteroatoms. The van der Waals surface area contributed by atoms with Gasteiger partial charge in [-0.2, -0.15) is 0 Å². The Bertz CT molecular complexity index is 465. The summed E-state index contributed by atoms with van der Waals surface area (Å²) in [6.07, 6.45) is 2.67. The van der Waals surface area contributed by atoms with Crippen LogP contribution in [-0.2, 0) is 11.3 Å². The number of methoxy groups -OCH3 is 1. The summed E-state index contributed by atoms with van der Waals surface area (Å²) in [4.78, 5) is 5.06. The third kappa shape index (κ3) is 3.96. The first kappa shape index (κ1) is 14.8. The normalized spacial score (nSPS) is 20.8. The van der Waals surface area contributed by atoms with E-state index in [0.29, 0.717) is 0 Å². The summed E-state index contributed by atoms with van der Waals surface area (Å²) in [7, 11) is 1.77. The largest absolute Gasteiger partial charge is 0.399 e. The van der Waals surface area contributed by atoms with Gasteiger partial charge in [-0.15, -0.1) is 0 Å². The number of nitrogen functional groups attached to an aromatic ring is 1. The predicted molar refractivity (Wildman–Crippen MR) is 86.4 cm³/mol. The molecule has 0 radical (unpaired) electrons. The maximum absolute atomic E-state index is 5.96. The Morgan fingerprint density at radius 3 is 2.52 bits per heavy atom. The minimum Gasteiger partial charge on any atom is -0.399 e. The minimum atomic E-state index is 0.770. The molecule has 2 N–H and O–H groups in total. The molecule has 0 atom stereocenters. The lowest BCUT2D eigenvalue weighted by Crippen LogP contribution is -2.46. The van der Waals surface area contributed by atoms with Crippen molar-refractivity contribution in [3.63, 3.8) is 0 Å². The molecule has 1 heterocycles. The molecule has 21 heavy (non-hydrogen) atoms. The molecule has 1 aromatic rings. The molecule has 3 rings (SSSR count). The van der Waals surface area contributed by atoms with E-state index in [2.05, 4.69) is 28.0 Å². The molecule has 0 spiro atoms. The Balaban J connectivity index is 1.56. The number of hydrogen-bond acceptors (Lipinski definition) is 4. The smallest absolute Gasteiger partial charge is 0.0589 e. The summed E-state index contributed by atoms with van der Waals surface area (Å²) in [5.74, 6) is 0.770. The van der Waals surface area contributed by atoms with Crippen LogP contribution in [0.4, 0.5) is 5.69 Å². The first-order chi connectivity index (χ1) is 10.3. The molecule has 0 amide bonds. The van der Waals surface area contributed by atoms with Crippen LogP contribution in [0, 0.1) is 0 Å². The first-order valence-corrected chi connectivity index (χ1v) is 8.08. The lowest BCUT2D eigenvalue weighted by molar-refractivity contribution is 0.0937. The van der Waals surface area contributed by atoms with Crippen molar-refractivity contribution in [3.05, 3.63) is 29.3 Å². The molecule has 1 aliphatic heterocycles. The van der Waals surface area contributed by atoms with Crippen LogP contribution in [0.25, 0.3) is 0 Å². The van der Waals surface area contributed by atoms with Crippen molar-refractivity contribution in [2.24, 2.45) is 0 Å². The van der Waals surface area contributed by atoms with E-state index < -0.39 is 0 Å². The van der Waals surface area contributed by atoms with E-state index in [0.717, 1.165) is 57.5 Å². The van der Waals surface area contributed by atoms with Gasteiger partial charge in [0.2, 0.25) is 0 Å². The molecule has 1 aromatic carbocycles. The highest BCUT2D eigenvalue weighted by atomic mass is 16.5. The summed E-state index contributed by atoms with van der Waals surface area (Å²) in [6, 6.07) is 6.48. The molecule has 0 aromatic heterocycles. The summed E-state index contributed by atoms with van der Waals surface area (Å²) in [6.45, 7) is 7.57. The van der Waals surface area contributed by atoms with Gasteiger partial charge in [-0.25, -0.2) is 0 Å². The number of ether oxygens (including phenoxy) is 1. The maximum atomic E-state index is 5.96. The van der Waals surface area contributed by atoms with E-state index in [4.69, 9.17) is 10.5 Å². The van der Waals surface area contributed by atoms with Crippen molar-refractivity contribution in [2.75, 3.05) is 52.2 Å². The Hall–Kier alpha value is -1.10. The maximum Gasteiger partial charge on any atom is 0.0589 e. The van der Waals surface area contributed by atoms with Gasteiger partial charge in [0.15, 0.2) is 0 Å². The Morgan fingerprint density at radius 1 is 1.14 bits per heavy atom. The number of nitrogens with two attached hydrogens (primary N) is 1. The quantitative estimate of drug-likeness (QED) is 0.812. The van der Waals surface area contributed by atoms with Gasteiger partial charge in [0.05, 0.1) is 6.61 Å². The molecule has 1 saturated heterocycles. The van der Waals surface area contributed by atoms with Crippen LogP contribution in [0.15, 0.2) is 18.2 Å². The first-order valence-electron chi connectivity index (χ1n) is 8.08. The summed E-state index contributed by atoms with van der Waals surface area (Å²) >= 11 is 0. The van der Waals surface area contributed by atoms with E-state index >= 15 is 0 Å². The van der Waals surface area contributed by atoms with Crippen LogP contribution < -0.4 is 5.73 Å². The fourth-order valence-electron chi connectivity index (χ4n) is 3.16. The van der Waals surface area contributed by atoms with Crippen LogP contribution in [-0.4, -0.2) is 56.2 Å². The molecule has 0 unspecified atom stereocenters. The molecule has 2 aliphatic rings. The second-order valence-electron chi connectivity index (χ2n) is 6.34. The van der Waals surface area contributed by atoms with Gasteiger partial charge >= 0.3 is 0 Å². The third-order valence-electron chi connectivity index (χ3n) is 4.66. The monoisotopic (exact) mass is 289 g/mol. The Morgan fingerprint density at radius 2 is 1.86 bits per heavy atom. The van der Waals surface area contributed by atoms with Gasteiger partial charge in [-0.1, -0.05) is 6.07 Å². The zero-order chi connectivity index (χ0) is 14.7. The summed E-state index contributed by atoms with van der Waals surface area (Å²) in [5.41, 5.74) is 9.85. The van der Waals surface area contributed by atoms with Crippen LogP contribution in [0.1, 0.15) is 29.9 Å². The van der Waals surface area contributed by atoms with Crippen LogP contribution in [0.3, 0.4) is 0 Å². The second kappa shape index (κ2) is 6.77. The number of benzene rings is 1. The van der Waals surface area contributed by atoms with Gasteiger partial charge < -0.3 is 10.5 Å². The highest BCUT2D eigenvalue weighted by Crippen LogP contribution is 2.42. The number of hydrogen-bond donors (Lipinski definition) is 1. The lowest BCUT2D eigenvalue weighted by atomic mass is 10.0. The predicted octanol–water partition coefficient (Wildman–Crippen LogP) is 1.91. The zero-order valence-corrected chi connectivity index (χ0v) is 13.1. The Kier molecular flexibility index (Phi) is 4.78. The molecule has 4 nitrogen and oxygen atoms in total. The minimum absolute atomic E-state index is 0.770. The van der Waals surface area contributed by atoms with E-state index in [1.807, 2.05) is 0 Å². The topological polar surface area (TPSA) is 41.7 Å². The van der Waals surface area contributed by atoms with E-state index in [-0.39, 0.29) is 0 Å². The van der Waals surface area contributed by atoms with Crippen molar-refractivity contribution >= 4 is 5.69 Å². The van der Waals surface area contributed by atoms with E-state index in [9.17, 15) is 0 Å². The fourth-order valence-corrected chi connectivity index (χ4v) is 3.16. The van der Waals surface area contributed by atoms with E-state index in [1.54, 1.807) is 7.11 Å². The highest BCUT2D eigenvalue weighted by molar-refractivity contribution is 5.47. The van der Waals surface area contributed by atoms with Crippen molar-refractivity contribution in [1.29, 1.82) is 0 Å². The highest BCUT2D eigenvalue weighted by Gasteiger charge is 2.27. The number of nitrogens with zero attached hydrogens (tertiary/aromatic N) is 2. The van der Waals surface area contributed by atoms with Crippen molar-refractivity contribution < 1.29 is 4.74 Å². The van der Waals surface area contributed by atoms with Gasteiger partial charge in [0.25, 0.3) is 0 Å². The standard InChI is InChI=1S/C17H27N3O/c1-21-11-10-19-6-8-20(9-7-19)13-15-4-5-16(18)12-17(15)14-2-3-14/h4-5,12,14H,2-3,6-11,13,18H2,1H3. The zero-order valence-electron chi connectivity index (χ0n) is 13.1. The van der Waals surface area contributed by atoms with Crippen LogP contribution in [0.5, 0.6) is 0 Å². The Labute approximate surface area is 127 Å². The van der Waals surface area contributed by atoms with Crippen LogP contribution in [0.2, 0.25) is 0 Å². The van der Waals surface area contributed by atoms with Crippen molar-refractivity contribution in [2.45, 2.75) is 25.3 Å². The average molecular weight is 289 g/mol. The number of piperazine rings is 1. The van der Waals surface area contributed by atoms with Gasteiger partial charge in [0.1, 0.15) is 0 Å². The second-order valence-corrected chi connectivity index (χ2v) is 6.34. The molecule has 1 aliphatic carbocycles. The third-order valence-corrected chi connectivity index (χ3v) is 4.66. The molecular weight excluding hydrogens is 262 g/mol. The number of rotatable bonds is 6. The lowest BCUT2D eigenvalue weighted by Gasteiger charge is -2.35. The summed E-state index contributed by atoms with van der Waals surface area (Å²) in [5, 5.41) is 0. The van der Waals surface area contributed by atoms with Crippen molar-refractivity contribution in [3.8, 4) is 0 Å². The van der Waals surface area contributed by atoms with Gasteiger partial charge in [-0.05, 0) is 42.0 Å². The van der Waals surface area contributed by atoms with Crippen LogP contribution >= 0.6 is 0 Å². The molecule has 0 bridgehead atoms. The average Bonchev–Trinajstić information content (AvgIpc) is 3.33. The summed E-state index contributed by atoms with van der Waals surface area (Å²) < 4.78 is 5.16. The van der Waals surface area contributed by atoms with Gasteiger partial charge in [0, 0.05) is 52.1 Å².